The molecule has 3 rings (SSSR count). The van der Waals surface area contributed by atoms with Gasteiger partial charge in [-0.15, -0.1) is 11.6 Å². The van der Waals surface area contributed by atoms with Crippen LogP contribution in [0.25, 0.3) is 0 Å². The summed E-state index contributed by atoms with van der Waals surface area (Å²) in [7, 11) is 0. The Labute approximate surface area is 158 Å². The van der Waals surface area contributed by atoms with Crippen LogP contribution in [-0.2, 0) is 12.8 Å². The Morgan fingerprint density at radius 2 is 1.95 bits per heavy atom. The normalized spacial score (nSPS) is 16.0. The van der Waals surface area contributed by atoms with Crippen LogP contribution >= 0.6 is 55.1 Å². The molecule has 0 radical (unpaired) electrons. The lowest BCUT2D eigenvalue weighted by Gasteiger charge is -2.18. The molecule has 22 heavy (non-hydrogen) atoms. The summed E-state index contributed by atoms with van der Waals surface area (Å²) in [6, 6.07) is 6.14. The molecule has 0 amide bonds. The average molecular weight is 466 g/mol. The fourth-order valence-electron chi connectivity index (χ4n) is 2.76. The Morgan fingerprint density at radius 1 is 1.23 bits per heavy atom. The summed E-state index contributed by atoms with van der Waals surface area (Å²) in [4.78, 5) is 4.60. The predicted octanol–water partition coefficient (Wildman–Crippen LogP) is 6.76. The van der Waals surface area contributed by atoms with Gasteiger partial charge in [0.25, 0.3) is 0 Å². The van der Waals surface area contributed by atoms with Gasteiger partial charge in [-0.3, -0.25) is 4.98 Å². The summed E-state index contributed by atoms with van der Waals surface area (Å²) in [6.45, 7) is 4.00. The molecule has 1 unspecified atom stereocenters. The number of rotatable bonds is 1. The topological polar surface area (TPSA) is 12.9 Å². The van der Waals surface area contributed by atoms with Gasteiger partial charge in [-0.1, -0.05) is 31.5 Å². The molecule has 1 heterocycles. The quantitative estimate of drug-likeness (QED) is 0.424. The number of aromatic nitrogens is 1. The van der Waals surface area contributed by atoms with E-state index in [1.807, 2.05) is 26.1 Å². The molecule has 0 bridgehead atoms. The van der Waals surface area contributed by atoms with Crippen LogP contribution in [0.2, 0.25) is 5.02 Å². The predicted molar refractivity (Wildman–Crippen MR) is 102 cm³/mol. The van der Waals surface area contributed by atoms with E-state index < -0.39 is 0 Å². The first-order valence-corrected chi connectivity index (χ1v) is 9.78. The van der Waals surface area contributed by atoms with Crippen LogP contribution in [0.1, 0.15) is 42.1 Å². The van der Waals surface area contributed by atoms with Crippen molar-refractivity contribution < 1.29 is 0 Å². The molecule has 1 aromatic carbocycles. The fraction of sp³-hybridized carbons (Fsp3) is 0.353. The largest absolute Gasteiger partial charge is 0.259 e. The second-order valence-electron chi connectivity index (χ2n) is 4.83. The molecule has 5 heteroatoms. The Kier molecular flexibility index (Phi) is 6.75. The third-order valence-corrected chi connectivity index (χ3v) is 5.90. The maximum Gasteiger partial charge on any atom is 0.0551 e. The second kappa shape index (κ2) is 8.14. The van der Waals surface area contributed by atoms with Gasteiger partial charge in [-0.25, -0.2) is 0 Å². The SMILES string of the molecule is CC.ClCC1c2ccc(Cl)c(Br)c2CCc2cc(Br)cnc21. The van der Waals surface area contributed by atoms with E-state index in [0.29, 0.717) is 5.88 Å². The Balaban J connectivity index is 0.000000847. The van der Waals surface area contributed by atoms with Crippen molar-refractivity contribution in [1.82, 2.24) is 4.98 Å². The minimum absolute atomic E-state index is 0.117. The summed E-state index contributed by atoms with van der Waals surface area (Å²) in [5.74, 6) is 0.633. The Hall–Kier alpha value is -0.0900. The van der Waals surface area contributed by atoms with Crippen molar-refractivity contribution >= 4 is 55.1 Å². The lowest BCUT2D eigenvalue weighted by atomic mass is 9.93. The minimum atomic E-state index is 0.117. The Morgan fingerprint density at radius 3 is 2.64 bits per heavy atom. The second-order valence-corrected chi connectivity index (χ2v) is 7.26. The van der Waals surface area contributed by atoms with E-state index >= 15 is 0 Å². The summed E-state index contributed by atoms with van der Waals surface area (Å²) in [5, 5.41) is 0.747. The molecule has 0 N–H and O–H groups in total. The zero-order chi connectivity index (χ0) is 16.3. The van der Waals surface area contributed by atoms with Crippen molar-refractivity contribution in [1.29, 1.82) is 0 Å². The number of benzene rings is 1. The van der Waals surface area contributed by atoms with Crippen LogP contribution in [-0.4, -0.2) is 10.9 Å². The Bertz CT molecular complexity index is 674. The van der Waals surface area contributed by atoms with Crippen molar-refractivity contribution in [3.05, 3.63) is 60.7 Å². The average Bonchev–Trinajstić information content (AvgIpc) is 2.69. The van der Waals surface area contributed by atoms with Crippen LogP contribution in [0.15, 0.2) is 33.3 Å². The number of nitrogens with zero attached hydrogens (tertiary/aromatic N) is 1. The molecule has 118 valence electrons. The van der Waals surface area contributed by atoms with Crippen molar-refractivity contribution in [3.63, 3.8) is 0 Å². The van der Waals surface area contributed by atoms with Crippen molar-refractivity contribution in [2.24, 2.45) is 0 Å². The van der Waals surface area contributed by atoms with Gasteiger partial charge < -0.3 is 0 Å². The molecule has 1 atom stereocenters. The molecule has 2 aromatic rings. The number of fused-ring (bicyclic) bond motifs is 2. The maximum absolute atomic E-state index is 6.24. The van der Waals surface area contributed by atoms with E-state index in [0.717, 1.165) is 32.5 Å². The number of hydrogen-bond acceptors (Lipinski definition) is 1. The van der Waals surface area contributed by atoms with Gasteiger partial charge in [0, 0.05) is 26.9 Å². The van der Waals surface area contributed by atoms with Gasteiger partial charge in [0.1, 0.15) is 0 Å². The smallest absolute Gasteiger partial charge is 0.0551 e. The van der Waals surface area contributed by atoms with Gasteiger partial charge >= 0.3 is 0 Å². The molecule has 1 aliphatic rings. The van der Waals surface area contributed by atoms with Crippen LogP contribution in [0.5, 0.6) is 0 Å². The molecular weight excluding hydrogens is 449 g/mol. The van der Waals surface area contributed by atoms with E-state index in [1.165, 1.54) is 16.7 Å². The molecular formula is C17H17Br2Cl2N. The van der Waals surface area contributed by atoms with E-state index in [2.05, 4.69) is 49.0 Å². The molecule has 0 spiro atoms. The van der Waals surface area contributed by atoms with E-state index in [4.69, 9.17) is 23.2 Å². The standard InChI is InChI=1S/C15H11Br2Cl2N.C2H6/c16-9-5-8-1-2-11-10(3-4-13(19)14(11)17)12(6-18)15(8)20-7-9;1-2/h3-5,7,12H,1-2,6H2;1-2H3. The molecule has 0 fully saturated rings. The molecule has 0 saturated carbocycles. The number of aryl methyl sites for hydroxylation is 1. The molecule has 1 nitrogen and oxygen atoms in total. The zero-order valence-corrected chi connectivity index (χ0v) is 17.2. The van der Waals surface area contributed by atoms with Crippen LogP contribution in [0, 0.1) is 0 Å². The number of pyridine rings is 1. The first-order valence-electron chi connectivity index (χ1n) is 7.29. The van der Waals surface area contributed by atoms with E-state index in [9.17, 15) is 0 Å². The highest BCUT2D eigenvalue weighted by Crippen LogP contribution is 2.39. The van der Waals surface area contributed by atoms with E-state index in [1.54, 1.807) is 0 Å². The van der Waals surface area contributed by atoms with Gasteiger partial charge in [-0.05, 0) is 73.5 Å². The summed E-state index contributed by atoms with van der Waals surface area (Å²) < 4.78 is 1.99. The lowest BCUT2D eigenvalue weighted by Crippen LogP contribution is -2.08. The molecule has 0 saturated heterocycles. The van der Waals surface area contributed by atoms with Crippen molar-refractivity contribution in [2.75, 3.05) is 5.88 Å². The highest BCUT2D eigenvalue weighted by molar-refractivity contribution is 9.10. The number of halogens is 4. The van der Waals surface area contributed by atoms with Gasteiger partial charge in [0.2, 0.25) is 0 Å². The molecule has 1 aliphatic carbocycles. The minimum Gasteiger partial charge on any atom is -0.259 e. The maximum atomic E-state index is 6.24. The van der Waals surface area contributed by atoms with Gasteiger partial charge in [0.05, 0.1) is 10.7 Å². The first kappa shape index (κ1) is 18.3. The lowest BCUT2D eigenvalue weighted by molar-refractivity contribution is 0.864. The third-order valence-electron chi connectivity index (χ3n) is 3.70. The van der Waals surface area contributed by atoms with Gasteiger partial charge in [-0.2, -0.15) is 0 Å². The van der Waals surface area contributed by atoms with Crippen LogP contribution in [0.3, 0.4) is 0 Å². The zero-order valence-electron chi connectivity index (χ0n) is 12.5. The summed E-state index contributed by atoms with van der Waals surface area (Å²) in [6.07, 6.45) is 3.73. The van der Waals surface area contributed by atoms with Gasteiger partial charge in [0.15, 0.2) is 0 Å². The fourth-order valence-corrected chi connectivity index (χ4v) is 4.18. The number of alkyl halides is 1. The molecule has 1 aromatic heterocycles. The van der Waals surface area contributed by atoms with Crippen LogP contribution in [0.4, 0.5) is 0 Å². The third kappa shape index (κ3) is 3.53. The highest BCUT2D eigenvalue weighted by Gasteiger charge is 2.26. The highest BCUT2D eigenvalue weighted by atomic mass is 79.9. The van der Waals surface area contributed by atoms with Crippen molar-refractivity contribution in [2.45, 2.75) is 32.6 Å². The number of hydrogen-bond donors (Lipinski definition) is 0. The molecule has 0 aliphatic heterocycles. The summed E-state index contributed by atoms with van der Waals surface area (Å²) in [5.41, 5.74) is 4.81. The summed E-state index contributed by atoms with van der Waals surface area (Å²) >= 11 is 19.6. The van der Waals surface area contributed by atoms with Crippen molar-refractivity contribution in [3.8, 4) is 0 Å². The van der Waals surface area contributed by atoms with E-state index in [-0.39, 0.29) is 5.92 Å². The monoisotopic (exact) mass is 463 g/mol. The van der Waals surface area contributed by atoms with Crippen LogP contribution < -0.4 is 0 Å². The first-order chi connectivity index (χ1) is 10.6.